The van der Waals surface area contributed by atoms with Crippen LogP contribution in [0.5, 0.6) is 0 Å². The van der Waals surface area contributed by atoms with Crippen molar-refractivity contribution in [2.24, 2.45) is 0 Å². The molecule has 33 heavy (non-hydrogen) atoms. The first-order valence-corrected chi connectivity index (χ1v) is 10.5. The van der Waals surface area contributed by atoms with E-state index < -0.39 is 5.54 Å². The number of carbonyl (C=O) groups excluding carboxylic acids is 1. The summed E-state index contributed by atoms with van der Waals surface area (Å²) < 4.78 is 26.6. The fourth-order valence-corrected chi connectivity index (χ4v) is 3.98. The predicted octanol–water partition coefficient (Wildman–Crippen LogP) is 3.50. The van der Waals surface area contributed by atoms with E-state index in [0.29, 0.717) is 49.5 Å². The lowest BCUT2D eigenvalue weighted by Gasteiger charge is -2.41. The molecule has 8 nitrogen and oxygen atoms in total. The highest BCUT2D eigenvalue weighted by Crippen LogP contribution is 2.28. The summed E-state index contributed by atoms with van der Waals surface area (Å²) in [5.74, 6) is -0.712. The van der Waals surface area contributed by atoms with Gasteiger partial charge in [0.1, 0.15) is 23.0 Å². The van der Waals surface area contributed by atoms with Crippen LogP contribution in [0.15, 0.2) is 48.9 Å². The molecule has 3 aromatic rings. The minimum Gasteiger partial charge on any atom is -0.345 e. The van der Waals surface area contributed by atoms with Gasteiger partial charge in [0.2, 0.25) is 0 Å². The Morgan fingerprint density at radius 1 is 1.15 bits per heavy atom. The second-order valence-electron chi connectivity index (χ2n) is 8.15. The van der Waals surface area contributed by atoms with Crippen LogP contribution in [-0.4, -0.2) is 44.6 Å². The number of nitrogens with zero attached hydrogens (tertiary/aromatic N) is 4. The van der Waals surface area contributed by atoms with Gasteiger partial charge in [-0.25, -0.2) is 8.78 Å². The number of aromatic nitrogens is 3. The molecule has 1 fully saturated rings. The second kappa shape index (κ2) is 9.75. The third-order valence-corrected chi connectivity index (χ3v) is 5.77. The first-order chi connectivity index (χ1) is 16.0. The normalized spacial score (nSPS) is 15.5. The van der Waals surface area contributed by atoms with Gasteiger partial charge in [-0.1, -0.05) is 0 Å². The fraction of sp³-hybridized carbons (Fsp3) is 0.304. The van der Waals surface area contributed by atoms with Crippen LogP contribution < -0.4 is 10.6 Å². The van der Waals surface area contributed by atoms with Crippen molar-refractivity contribution < 1.29 is 13.6 Å². The Kier molecular flexibility index (Phi) is 6.60. The van der Waals surface area contributed by atoms with Crippen molar-refractivity contribution in [2.45, 2.75) is 31.3 Å². The van der Waals surface area contributed by atoms with Gasteiger partial charge < -0.3 is 10.6 Å². The lowest BCUT2D eigenvalue weighted by Crippen LogP contribution is -2.55. The number of pyridine rings is 1. The molecule has 10 heteroatoms. The van der Waals surface area contributed by atoms with E-state index in [2.05, 4.69) is 36.8 Å². The molecule has 0 spiro atoms. The molecule has 3 heterocycles. The quantitative estimate of drug-likeness (QED) is 0.507. The van der Waals surface area contributed by atoms with E-state index >= 15 is 0 Å². The Hall–Kier alpha value is -3.84. The van der Waals surface area contributed by atoms with Gasteiger partial charge in [-0.3, -0.25) is 19.8 Å². The van der Waals surface area contributed by atoms with E-state index in [1.54, 1.807) is 18.3 Å². The van der Waals surface area contributed by atoms with Crippen molar-refractivity contribution in [1.82, 2.24) is 25.4 Å². The van der Waals surface area contributed by atoms with Crippen LogP contribution in [-0.2, 0) is 6.54 Å². The van der Waals surface area contributed by atoms with Gasteiger partial charge in [-0.2, -0.15) is 10.4 Å². The van der Waals surface area contributed by atoms with Gasteiger partial charge >= 0.3 is 0 Å². The van der Waals surface area contributed by atoms with Crippen molar-refractivity contribution in [3.8, 4) is 6.07 Å². The number of nitrogens with one attached hydrogen (secondary N) is 3. The zero-order valence-corrected chi connectivity index (χ0v) is 17.8. The average molecular weight is 451 g/mol. The molecule has 1 aromatic carbocycles. The van der Waals surface area contributed by atoms with Crippen LogP contribution in [0.25, 0.3) is 0 Å². The number of halogens is 2. The molecule has 0 unspecified atom stereocenters. The SMILES string of the molecule is N#CCC1(NC(=O)c2cn[nH]c2Nc2ccc(F)cc2)CCN(Cc2cncc(F)c2)CC1. The minimum absolute atomic E-state index is 0.173. The maximum Gasteiger partial charge on any atom is 0.257 e. The smallest absolute Gasteiger partial charge is 0.257 e. The van der Waals surface area contributed by atoms with E-state index in [9.17, 15) is 18.8 Å². The predicted molar refractivity (Wildman–Crippen MR) is 117 cm³/mol. The zero-order valence-electron chi connectivity index (χ0n) is 17.8. The van der Waals surface area contributed by atoms with Gasteiger partial charge in [0, 0.05) is 31.5 Å². The van der Waals surface area contributed by atoms with Gasteiger partial charge in [0.15, 0.2) is 0 Å². The molecule has 0 aliphatic carbocycles. The van der Waals surface area contributed by atoms with E-state index in [-0.39, 0.29) is 24.0 Å². The molecule has 0 atom stereocenters. The number of rotatable bonds is 7. The Balaban J connectivity index is 1.41. The first-order valence-electron chi connectivity index (χ1n) is 10.5. The van der Waals surface area contributed by atoms with E-state index in [1.165, 1.54) is 30.6 Å². The third kappa shape index (κ3) is 5.51. The highest BCUT2D eigenvalue weighted by atomic mass is 19.1. The summed E-state index contributed by atoms with van der Waals surface area (Å²) >= 11 is 0. The highest BCUT2D eigenvalue weighted by molar-refractivity contribution is 5.99. The number of carbonyl (C=O) groups is 1. The minimum atomic E-state index is -0.674. The van der Waals surface area contributed by atoms with Crippen LogP contribution in [0.4, 0.5) is 20.3 Å². The number of piperidine rings is 1. The van der Waals surface area contributed by atoms with Crippen LogP contribution in [0, 0.1) is 23.0 Å². The molecule has 1 aliphatic heterocycles. The van der Waals surface area contributed by atoms with Crippen molar-refractivity contribution in [1.29, 1.82) is 5.26 Å². The third-order valence-electron chi connectivity index (χ3n) is 5.77. The Bertz CT molecular complexity index is 1150. The molecule has 0 saturated carbocycles. The monoisotopic (exact) mass is 451 g/mol. The lowest BCUT2D eigenvalue weighted by atomic mass is 9.84. The second-order valence-corrected chi connectivity index (χ2v) is 8.15. The van der Waals surface area contributed by atoms with Gasteiger partial charge in [0.05, 0.1) is 30.4 Å². The van der Waals surface area contributed by atoms with Crippen molar-refractivity contribution in [2.75, 3.05) is 18.4 Å². The van der Waals surface area contributed by atoms with Crippen LogP contribution in [0.3, 0.4) is 0 Å². The zero-order chi connectivity index (χ0) is 23.3. The number of aromatic amines is 1. The van der Waals surface area contributed by atoms with Crippen LogP contribution >= 0.6 is 0 Å². The number of H-pyrrole nitrogens is 1. The molecule has 2 aromatic heterocycles. The van der Waals surface area contributed by atoms with E-state index in [1.807, 2.05) is 0 Å². The van der Waals surface area contributed by atoms with Gasteiger partial charge in [-0.05, 0) is 48.7 Å². The number of nitriles is 1. The van der Waals surface area contributed by atoms with Gasteiger partial charge in [-0.15, -0.1) is 0 Å². The maximum atomic E-state index is 13.4. The summed E-state index contributed by atoms with van der Waals surface area (Å²) in [7, 11) is 0. The fourth-order valence-electron chi connectivity index (χ4n) is 3.98. The standard InChI is InChI=1S/C23H23F2N7O/c24-17-1-3-19(4-2-17)29-21-20(14-28-31-21)22(33)30-23(5-8-26)6-9-32(10-7-23)15-16-11-18(25)13-27-12-16/h1-4,11-14H,5-7,9-10,15H2,(H,30,33)(H2,28,29,31). The average Bonchev–Trinajstić information content (AvgIpc) is 3.26. The van der Waals surface area contributed by atoms with Crippen molar-refractivity contribution >= 4 is 17.4 Å². The molecule has 1 aliphatic rings. The molecular weight excluding hydrogens is 428 g/mol. The van der Waals surface area contributed by atoms with Crippen molar-refractivity contribution in [3.63, 3.8) is 0 Å². The van der Waals surface area contributed by atoms with Gasteiger partial charge in [0.25, 0.3) is 5.91 Å². The summed E-state index contributed by atoms with van der Waals surface area (Å²) in [4.78, 5) is 19.1. The number of likely N-dealkylation sites (tertiary alicyclic amines) is 1. The summed E-state index contributed by atoms with van der Waals surface area (Å²) in [6.45, 7) is 1.84. The number of hydrogen-bond donors (Lipinski definition) is 3. The molecular formula is C23H23F2N7O. The van der Waals surface area contributed by atoms with E-state index in [4.69, 9.17) is 0 Å². The largest absolute Gasteiger partial charge is 0.345 e. The number of benzene rings is 1. The molecule has 170 valence electrons. The summed E-state index contributed by atoms with van der Waals surface area (Å²) in [6, 6.07) is 9.39. The summed E-state index contributed by atoms with van der Waals surface area (Å²) in [5.41, 5.74) is 1.00. The Labute approximate surface area is 189 Å². The van der Waals surface area contributed by atoms with Crippen LogP contribution in [0.2, 0.25) is 0 Å². The molecule has 4 rings (SSSR count). The maximum absolute atomic E-state index is 13.4. The number of anilines is 2. The first kappa shape index (κ1) is 22.4. The number of hydrogen-bond acceptors (Lipinski definition) is 6. The topological polar surface area (TPSA) is 110 Å². The molecule has 1 saturated heterocycles. The van der Waals surface area contributed by atoms with Crippen LogP contribution in [0.1, 0.15) is 35.2 Å². The summed E-state index contributed by atoms with van der Waals surface area (Å²) in [5, 5.41) is 22.2. The molecule has 3 N–H and O–H groups in total. The Morgan fingerprint density at radius 3 is 2.61 bits per heavy atom. The van der Waals surface area contributed by atoms with Crippen molar-refractivity contribution in [3.05, 3.63) is 71.7 Å². The number of amides is 1. The molecule has 0 bridgehead atoms. The Morgan fingerprint density at radius 2 is 1.91 bits per heavy atom. The lowest BCUT2D eigenvalue weighted by molar-refractivity contribution is 0.0807. The highest BCUT2D eigenvalue weighted by Gasteiger charge is 2.36. The summed E-state index contributed by atoms with van der Waals surface area (Å²) in [6.07, 6.45) is 5.54. The molecule has 0 radical (unpaired) electrons. The molecule has 1 amide bonds. The van der Waals surface area contributed by atoms with E-state index in [0.717, 1.165) is 5.56 Å².